The highest BCUT2D eigenvalue weighted by Gasteiger charge is 2.28. The first-order valence-corrected chi connectivity index (χ1v) is 11.9. The van der Waals surface area contributed by atoms with Crippen LogP contribution in [0.5, 0.6) is 0 Å². The number of rotatable bonds is 12. The van der Waals surface area contributed by atoms with Gasteiger partial charge < -0.3 is 16.2 Å². The Hall–Kier alpha value is -4.01. The number of amides is 2. The molecule has 188 valence electrons. The average Bonchev–Trinajstić information content (AvgIpc) is 2.90. The summed E-state index contributed by atoms with van der Waals surface area (Å²) in [5.41, 5.74) is 7.75. The lowest BCUT2D eigenvalue weighted by atomic mass is 9.90. The number of nitrogens with one attached hydrogen (secondary N) is 4. The van der Waals surface area contributed by atoms with Gasteiger partial charge >= 0.3 is 0 Å². The molecular formula is C28H33N5O3. The first-order valence-electron chi connectivity index (χ1n) is 11.9. The van der Waals surface area contributed by atoms with E-state index in [2.05, 4.69) is 16.0 Å². The number of aliphatic hydroxyl groups excluding tert-OH is 1. The van der Waals surface area contributed by atoms with Crippen LogP contribution in [0.3, 0.4) is 0 Å². The van der Waals surface area contributed by atoms with Crippen LogP contribution >= 0.6 is 0 Å². The Morgan fingerprint density at radius 1 is 0.806 bits per heavy atom. The molecule has 0 saturated heterocycles. The van der Waals surface area contributed by atoms with Crippen molar-refractivity contribution in [3.8, 4) is 0 Å². The van der Waals surface area contributed by atoms with E-state index in [1.807, 2.05) is 91.0 Å². The molecule has 1 unspecified atom stereocenters. The number of nitrogens with two attached hydrogens (primary N) is 1. The van der Waals surface area contributed by atoms with E-state index in [4.69, 9.17) is 11.1 Å². The molecule has 2 atom stereocenters. The topological polar surface area (TPSA) is 140 Å². The van der Waals surface area contributed by atoms with Crippen molar-refractivity contribution in [2.24, 2.45) is 5.73 Å². The molecule has 2 amide bonds. The van der Waals surface area contributed by atoms with Gasteiger partial charge in [-0.05, 0) is 29.5 Å². The number of aliphatic hydroxyl groups is 1. The first kappa shape index (κ1) is 26.6. The van der Waals surface area contributed by atoms with Gasteiger partial charge in [0.15, 0.2) is 5.96 Å². The lowest BCUT2D eigenvalue weighted by Gasteiger charge is -2.25. The van der Waals surface area contributed by atoms with Gasteiger partial charge in [-0.25, -0.2) is 0 Å². The van der Waals surface area contributed by atoms with E-state index in [0.29, 0.717) is 19.4 Å². The number of hydrogen-bond acceptors (Lipinski definition) is 5. The molecule has 0 aliphatic rings. The van der Waals surface area contributed by atoms with Crippen LogP contribution in [0.1, 0.15) is 41.5 Å². The number of guanidine groups is 1. The maximum absolute atomic E-state index is 13.4. The Labute approximate surface area is 211 Å². The fourth-order valence-electron chi connectivity index (χ4n) is 4.07. The maximum Gasteiger partial charge on any atom is 0.243 e. The number of carbonyl (C=O) groups excluding carboxylic acids is 2. The molecule has 0 aliphatic carbocycles. The second-order valence-electron chi connectivity index (χ2n) is 8.46. The normalized spacial score (nSPS) is 12.5. The van der Waals surface area contributed by atoms with Crippen molar-refractivity contribution in [1.82, 2.24) is 16.0 Å². The second-order valence-corrected chi connectivity index (χ2v) is 8.46. The summed E-state index contributed by atoms with van der Waals surface area (Å²) in [7, 11) is 0. The van der Waals surface area contributed by atoms with Gasteiger partial charge in [0.05, 0.1) is 24.6 Å². The first-order chi connectivity index (χ1) is 17.5. The average molecular weight is 488 g/mol. The summed E-state index contributed by atoms with van der Waals surface area (Å²) in [6.07, 6.45) is 0.886. The Kier molecular flexibility index (Phi) is 10.2. The van der Waals surface area contributed by atoms with Gasteiger partial charge in [-0.3, -0.25) is 25.6 Å². The summed E-state index contributed by atoms with van der Waals surface area (Å²) in [5, 5.41) is 25.9. The van der Waals surface area contributed by atoms with Gasteiger partial charge in [0.1, 0.15) is 0 Å². The van der Waals surface area contributed by atoms with Crippen molar-refractivity contribution < 1.29 is 14.7 Å². The molecule has 0 fully saturated rings. The van der Waals surface area contributed by atoms with Crippen molar-refractivity contribution in [2.45, 2.75) is 30.8 Å². The molecule has 0 saturated carbocycles. The minimum atomic E-state index is -0.757. The van der Waals surface area contributed by atoms with E-state index in [1.54, 1.807) is 0 Å². The largest absolute Gasteiger partial charge is 0.394 e. The Morgan fingerprint density at radius 2 is 1.31 bits per heavy atom. The lowest BCUT2D eigenvalue weighted by Crippen LogP contribution is -2.49. The van der Waals surface area contributed by atoms with E-state index in [-0.39, 0.29) is 12.6 Å². The van der Waals surface area contributed by atoms with Crippen molar-refractivity contribution in [1.29, 1.82) is 5.41 Å². The molecule has 0 aromatic heterocycles. The van der Waals surface area contributed by atoms with Crippen molar-refractivity contribution in [2.75, 3.05) is 13.2 Å². The third kappa shape index (κ3) is 7.76. The smallest absolute Gasteiger partial charge is 0.243 e. The van der Waals surface area contributed by atoms with Gasteiger partial charge in [0, 0.05) is 6.54 Å². The monoisotopic (exact) mass is 487 g/mol. The number of benzene rings is 3. The molecule has 7 N–H and O–H groups in total. The second kappa shape index (κ2) is 13.8. The van der Waals surface area contributed by atoms with E-state index in [0.717, 1.165) is 16.7 Å². The molecule has 36 heavy (non-hydrogen) atoms. The minimum absolute atomic E-state index is 0.148. The molecule has 0 aliphatic heterocycles. The van der Waals surface area contributed by atoms with Crippen LogP contribution in [0, 0.1) is 5.41 Å². The van der Waals surface area contributed by atoms with Crippen LogP contribution in [0.4, 0.5) is 0 Å². The summed E-state index contributed by atoms with van der Waals surface area (Å²) in [6.45, 7) is 0.185. The summed E-state index contributed by atoms with van der Waals surface area (Å²) in [5.74, 6) is -1.70. The van der Waals surface area contributed by atoms with E-state index in [9.17, 15) is 14.7 Å². The van der Waals surface area contributed by atoms with Crippen LogP contribution < -0.4 is 21.7 Å². The molecule has 0 radical (unpaired) electrons. The highest BCUT2D eigenvalue weighted by molar-refractivity contribution is 6.01. The molecule has 3 aromatic carbocycles. The number of imide groups is 1. The summed E-state index contributed by atoms with van der Waals surface area (Å²) in [4.78, 5) is 26.8. The highest BCUT2D eigenvalue weighted by atomic mass is 16.3. The van der Waals surface area contributed by atoms with Crippen LogP contribution in [0.2, 0.25) is 0 Å². The Morgan fingerprint density at radius 3 is 1.78 bits per heavy atom. The Bertz CT molecular complexity index is 1070. The standard InChI is InChI=1S/C28H33N5O3/c29-28(30)31-18-10-17-23(32-24(19-34)20-11-4-1-5-12-20)26(35)33-27(36)25(21-13-6-2-7-14-21)22-15-8-3-9-16-22/h1-9,11-16,23-25,32,34H,10,17-19H2,(H4,29,30,31)(H,33,35,36)/t23-,24?/m1/s1. The zero-order valence-corrected chi connectivity index (χ0v) is 20.1. The molecule has 3 aromatic rings. The molecule has 0 heterocycles. The van der Waals surface area contributed by atoms with E-state index < -0.39 is 29.8 Å². The fourth-order valence-corrected chi connectivity index (χ4v) is 4.07. The molecule has 0 bridgehead atoms. The minimum Gasteiger partial charge on any atom is -0.394 e. The lowest BCUT2D eigenvalue weighted by molar-refractivity contribution is -0.132. The zero-order valence-electron chi connectivity index (χ0n) is 20.1. The molecule has 0 spiro atoms. The van der Waals surface area contributed by atoms with E-state index in [1.165, 1.54) is 0 Å². The van der Waals surface area contributed by atoms with Gasteiger partial charge in [0.25, 0.3) is 0 Å². The van der Waals surface area contributed by atoms with Crippen molar-refractivity contribution in [3.63, 3.8) is 0 Å². The SMILES string of the molecule is N=C(N)NCCC[C@@H](NC(CO)c1ccccc1)C(=O)NC(=O)C(c1ccccc1)c1ccccc1. The Balaban J connectivity index is 1.79. The molecule has 3 rings (SSSR count). The summed E-state index contributed by atoms with van der Waals surface area (Å²) >= 11 is 0. The predicted molar refractivity (Wildman–Crippen MR) is 140 cm³/mol. The third-order valence-corrected chi connectivity index (χ3v) is 5.86. The van der Waals surface area contributed by atoms with Crippen LogP contribution in [-0.4, -0.2) is 42.1 Å². The van der Waals surface area contributed by atoms with Gasteiger partial charge in [0.2, 0.25) is 11.8 Å². The maximum atomic E-state index is 13.4. The summed E-state index contributed by atoms with van der Waals surface area (Å²) < 4.78 is 0. The van der Waals surface area contributed by atoms with Gasteiger partial charge in [-0.15, -0.1) is 0 Å². The molecule has 8 nitrogen and oxygen atoms in total. The van der Waals surface area contributed by atoms with Gasteiger partial charge in [-0.1, -0.05) is 91.0 Å². The summed E-state index contributed by atoms with van der Waals surface area (Å²) in [6, 6.07) is 26.7. The van der Waals surface area contributed by atoms with Gasteiger partial charge in [-0.2, -0.15) is 0 Å². The zero-order chi connectivity index (χ0) is 25.8. The van der Waals surface area contributed by atoms with Crippen molar-refractivity contribution >= 4 is 17.8 Å². The van der Waals surface area contributed by atoms with E-state index >= 15 is 0 Å². The highest BCUT2D eigenvalue weighted by Crippen LogP contribution is 2.25. The third-order valence-electron chi connectivity index (χ3n) is 5.86. The number of carbonyl (C=O) groups is 2. The fraction of sp³-hybridized carbons (Fsp3) is 0.250. The quantitative estimate of drug-likeness (QED) is 0.132. The number of hydrogen-bond donors (Lipinski definition) is 6. The van der Waals surface area contributed by atoms with Crippen LogP contribution in [0.15, 0.2) is 91.0 Å². The van der Waals surface area contributed by atoms with Crippen LogP contribution in [0.25, 0.3) is 0 Å². The van der Waals surface area contributed by atoms with Crippen molar-refractivity contribution in [3.05, 3.63) is 108 Å². The predicted octanol–water partition coefficient (Wildman–Crippen LogP) is 2.42. The van der Waals surface area contributed by atoms with Crippen LogP contribution in [-0.2, 0) is 9.59 Å². The molecular weight excluding hydrogens is 454 g/mol. The molecule has 8 heteroatoms.